The van der Waals surface area contributed by atoms with Crippen LogP contribution in [0.3, 0.4) is 0 Å². The van der Waals surface area contributed by atoms with Crippen LogP contribution in [0.5, 0.6) is 0 Å². The fourth-order valence-electron chi connectivity index (χ4n) is 4.06. The number of hydrogen-bond acceptors (Lipinski definition) is 1. The number of aromatic nitrogens is 4. The molecule has 0 spiro atoms. The highest BCUT2D eigenvalue weighted by molar-refractivity contribution is 5.94. The number of nitrogens with zero attached hydrogens (tertiary/aromatic N) is 4. The van der Waals surface area contributed by atoms with Crippen molar-refractivity contribution in [2.24, 2.45) is 7.05 Å². The molecule has 0 amide bonds. The largest absolute Gasteiger partial charge is 0.312 e. The molecular formula is C23H23N4+. The van der Waals surface area contributed by atoms with E-state index in [1.54, 1.807) is 0 Å². The fraction of sp³-hybridized carbons (Fsp3) is 0.217. The summed E-state index contributed by atoms with van der Waals surface area (Å²) in [6, 6.07) is 15.2. The maximum Gasteiger partial charge on any atom is 0.312 e. The number of fused-ring (bicyclic) bond motifs is 5. The van der Waals surface area contributed by atoms with Gasteiger partial charge in [0.15, 0.2) is 5.52 Å². The Kier molecular flexibility index (Phi) is 3.23. The Bertz CT molecular complexity index is 1370. The van der Waals surface area contributed by atoms with Crippen molar-refractivity contribution in [3.8, 4) is 5.82 Å². The van der Waals surface area contributed by atoms with E-state index >= 15 is 0 Å². The number of imidazole rings is 2. The van der Waals surface area contributed by atoms with E-state index in [4.69, 9.17) is 4.98 Å². The predicted molar refractivity (Wildman–Crippen MR) is 110 cm³/mol. The van der Waals surface area contributed by atoms with Gasteiger partial charge in [0.05, 0.1) is 29.8 Å². The molecule has 3 heterocycles. The quantitative estimate of drug-likeness (QED) is 0.407. The maximum atomic E-state index is 5.08. The molecule has 0 bridgehead atoms. The first-order valence-electron chi connectivity index (χ1n) is 9.32. The average molecular weight is 355 g/mol. The van der Waals surface area contributed by atoms with Gasteiger partial charge in [-0.15, -0.1) is 0 Å². The molecule has 0 aliphatic heterocycles. The normalized spacial score (nSPS) is 11.9. The van der Waals surface area contributed by atoms with E-state index in [0.29, 0.717) is 0 Å². The first-order valence-corrected chi connectivity index (χ1v) is 9.32. The Morgan fingerprint density at radius 2 is 1.70 bits per heavy atom. The summed E-state index contributed by atoms with van der Waals surface area (Å²) in [6.45, 7) is 8.64. The van der Waals surface area contributed by atoms with E-state index in [2.05, 4.69) is 96.9 Å². The van der Waals surface area contributed by atoms with Crippen molar-refractivity contribution in [1.29, 1.82) is 0 Å². The van der Waals surface area contributed by atoms with Crippen molar-refractivity contribution in [1.82, 2.24) is 14.0 Å². The van der Waals surface area contributed by atoms with Gasteiger partial charge < -0.3 is 0 Å². The summed E-state index contributed by atoms with van der Waals surface area (Å²) in [7, 11) is 2.09. The second-order valence-corrected chi connectivity index (χ2v) is 7.57. The van der Waals surface area contributed by atoms with Crippen LogP contribution in [0.4, 0.5) is 0 Å². The summed E-state index contributed by atoms with van der Waals surface area (Å²) in [4.78, 5) is 5.08. The van der Waals surface area contributed by atoms with Crippen molar-refractivity contribution in [3.63, 3.8) is 0 Å². The molecule has 5 aromatic rings. The molecule has 0 radical (unpaired) electrons. The third kappa shape index (κ3) is 2.10. The van der Waals surface area contributed by atoms with Crippen molar-refractivity contribution in [3.05, 3.63) is 70.9 Å². The van der Waals surface area contributed by atoms with Gasteiger partial charge in [-0.25, -0.2) is 4.57 Å². The molecule has 134 valence electrons. The molecule has 5 rings (SSSR count). The molecule has 0 saturated heterocycles. The number of para-hydroxylation sites is 1. The van der Waals surface area contributed by atoms with Gasteiger partial charge >= 0.3 is 5.78 Å². The van der Waals surface area contributed by atoms with Gasteiger partial charge in [0.2, 0.25) is 0 Å². The lowest BCUT2D eigenvalue weighted by atomic mass is 10.1. The summed E-state index contributed by atoms with van der Waals surface area (Å²) >= 11 is 0. The number of hydrogen-bond donors (Lipinski definition) is 0. The van der Waals surface area contributed by atoms with Gasteiger partial charge in [-0.05, 0) is 62.6 Å². The van der Waals surface area contributed by atoms with Crippen LogP contribution >= 0.6 is 0 Å². The summed E-state index contributed by atoms with van der Waals surface area (Å²) in [6.07, 6.45) is 2.12. The van der Waals surface area contributed by atoms with Crippen molar-refractivity contribution >= 4 is 27.8 Å². The van der Waals surface area contributed by atoms with Crippen LogP contribution in [0.1, 0.15) is 22.3 Å². The monoisotopic (exact) mass is 355 g/mol. The fourth-order valence-corrected chi connectivity index (χ4v) is 4.06. The highest BCUT2D eigenvalue weighted by Crippen LogP contribution is 2.32. The summed E-state index contributed by atoms with van der Waals surface area (Å²) < 4.78 is 6.77. The van der Waals surface area contributed by atoms with Crippen LogP contribution in [0.15, 0.2) is 48.7 Å². The van der Waals surface area contributed by atoms with E-state index in [0.717, 1.165) is 22.6 Å². The Morgan fingerprint density at radius 1 is 0.889 bits per heavy atom. The van der Waals surface area contributed by atoms with E-state index in [1.807, 2.05) is 0 Å². The molecule has 0 atom stereocenters. The standard InChI is InChI=1S/C23H23N4/c1-14-11-12-25(5)20(13-14)27-22-17(4)15(2)9-10-19(22)26-18-8-6-7-16(3)21(18)24-23(26)27/h6-13H,1-5H3/q+1. The molecule has 0 fully saturated rings. The van der Waals surface area contributed by atoms with Gasteiger partial charge in [-0.2, -0.15) is 9.55 Å². The van der Waals surface area contributed by atoms with E-state index in [9.17, 15) is 0 Å². The molecule has 0 aliphatic carbocycles. The molecule has 3 aromatic heterocycles. The topological polar surface area (TPSA) is 26.1 Å². The lowest BCUT2D eigenvalue weighted by Gasteiger charge is -2.06. The van der Waals surface area contributed by atoms with Crippen LogP contribution < -0.4 is 4.57 Å². The van der Waals surface area contributed by atoms with Gasteiger partial charge in [0.1, 0.15) is 0 Å². The summed E-state index contributed by atoms with van der Waals surface area (Å²) in [5, 5.41) is 0. The SMILES string of the molecule is Cc1cc[n+](C)c(-n2c3c(C)c(C)ccc3n3c4cccc(C)c4nc23)c1. The molecule has 27 heavy (non-hydrogen) atoms. The highest BCUT2D eigenvalue weighted by Gasteiger charge is 2.26. The second kappa shape index (κ2) is 5.43. The Hall–Kier alpha value is -3.14. The Balaban J connectivity index is 2.10. The average Bonchev–Trinajstić information content (AvgIpc) is 3.17. The van der Waals surface area contributed by atoms with Crippen molar-refractivity contribution < 1.29 is 4.57 Å². The zero-order chi connectivity index (χ0) is 18.9. The minimum Gasteiger partial charge on any atom is -0.254 e. The van der Waals surface area contributed by atoms with E-state index in [1.165, 1.54) is 33.3 Å². The smallest absolute Gasteiger partial charge is 0.254 e. The van der Waals surface area contributed by atoms with Gasteiger partial charge in [-0.1, -0.05) is 18.2 Å². The minimum atomic E-state index is 0.962. The van der Waals surface area contributed by atoms with Crippen molar-refractivity contribution in [2.75, 3.05) is 0 Å². The number of benzene rings is 2. The van der Waals surface area contributed by atoms with Gasteiger partial charge in [-0.3, -0.25) is 4.40 Å². The van der Waals surface area contributed by atoms with E-state index in [-0.39, 0.29) is 0 Å². The second-order valence-electron chi connectivity index (χ2n) is 7.57. The van der Waals surface area contributed by atoms with Crippen LogP contribution in [-0.2, 0) is 7.05 Å². The van der Waals surface area contributed by atoms with E-state index < -0.39 is 0 Å². The minimum absolute atomic E-state index is 0.962. The van der Waals surface area contributed by atoms with Gasteiger partial charge in [0.25, 0.3) is 5.82 Å². The number of pyridine rings is 1. The summed E-state index contributed by atoms with van der Waals surface area (Å²) in [5.74, 6) is 2.08. The third-order valence-corrected chi connectivity index (χ3v) is 5.72. The molecule has 0 N–H and O–H groups in total. The first kappa shape index (κ1) is 16.1. The van der Waals surface area contributed by atoms with Crippen LogP contribution in [-0.4, -0.2) is 14.0 Å². The Morgan fingerprint density at radius 3 is 2.52 bits per heavy atom. The molecule has 0 aliphatic rings. The lowest BCUT2D eigenvalue weighted by Crippen LogP contribution is -2.33. The van der Waals surface area contributed by atoms with Crippen LogP contribution in [0.2, 0.25) is 0 Å². The molecule has 4 heteroatoms. The zero-order valence-corrected chi connectivity index (χ0v) is 16.4. The van der Waals surface area contributed by atoms with Crippen LogP contribution in [0.25, 0.3) is 33.7 Å². The molecule has 0 unspecified atom stereocenters. The third-order valence-electron chi connectivity index (χ3n) is 5.72. The van der Waals surface area contributed by atoms with Crippen LogP contribution in [0, 0.1) is 27.7 Å². The zero-order valence-electron chi connectivity index (χ0n) is 16.4. The number of aryl methyl sites for hydroxylation is 5. The maximum absolute atomic E-state index is 5.08. The summed E-state index contributed by atoms with van der Waals surface area (Å²) in [5.41, 5.74) is 9.67. The molecule has 0 saturated carbocycles. The lowest BCUT2D eigenvalue weighted by molar-refractivity contribution is -0.665. The predicted octanol–water partition coefficient (Wildman–Crippen LogP) is 4.49. The van der Waals surface area contributed by atoms with Crippen molar-refractivity contribution in [2.45, 2.75) is 27.7 Å². The molecule has 2 aromatic carbocycles. The molecule has 4 nitrogen and oxygen atoms in total. The number of rotatable bonds is 1. The Labute approximate surface area is 158 Å². The van der Waals surface area contributed by atoms with Gasteiger partial charge in [0, 0.05) is 11.6 Å². The first-order chi connectivity index (χ1) is 13.0. The molecular weight excluding hydrogens is 332 g/mol. The highest BCUT2D eigenvalue weighted by atomic mass is 15.3.